The zero-order valence-electron chi connectivity index (χ0n) is 11.0. The molecule has 1 aliphatic rings. The van der Waals surface area contributed by atoms with Crippen LogP contribution in [0.1, 0.15) is 42.4 Å². The van der Waals surface area contributed by atoms with E-state index >= 15 is 0 Å². The molecule has 0 aromatic heterocycles. The summed E-state index contributed by atoms with van der Waals surface area (Å²) in [7, 11) is 1.64. The summed E-state index contributed by atoms with van der Waals surface area (Å²) in [5.41, 5.74) is 2.33. The van der Waals surface area contributed by atoms with Crippen LogP contribution in [0.2, 0.25) is 0 Å². The Morgan fingerprint density at radius 3 is 2.50 bits per heavy atom. The maximum Gasteiger partial charge on any atom is 0.102 e. The minimum Gasteiger partial charge on any atom is -0.386 e. The number of benzene rings is 1. The van der Waals surface area contributed by atoms with Crippen LogP contribution in [0.15, 0.2) is 24.3 Å². The monoisotopic (exact) mass is 250 g/mol. The third-order valence-electron chi connectivity index (χ3n) is 3.61. The molecule has 18 heavy (non-hydrogen) atoms. The normalized spacial score (nSPS) is 17.4. The molecule has 1 unspecified atom stereocenters. The standard InChI is InChI=1S/C15H22O3/c1-17-9-10-18-11-15(16)14-7-5-13(6-8-14)12-3-2-4-12/h5-8,12,15-16H,2-4,9-11H2,1H3. The van der Waals surface area contributed by atoms with Crippen LogP contribution in [0.4, 0.5) is 0 Å². The zero-order valence-corrected chi connectivity index (χ0v) is 11.0. The van der Waals surface area contributed by atoms with Crippen LogP contribution in [0.3, 0.4) is 0 Å². The number of hydrogen-bond acceptors (Lipinski definition) is 3. The highest BCUT2D eigenvalue weighted by molar-refractivity contribution is 5.27. The molecular formula is C15H22O3. The van der Waals surface area contributed by atoms with Crippen molar-refractivity contribution in [2.45, 2.75) is 31.3 Å². The van der Waals surface area contributed by atoms with Gasteiger partial charge in [0.15, 0.2) is 0 Å². The molecule has 3 nitrogen and oxygen atoms in total. The lowest BCUT2D eigenvalue weighted by molar-refractivity contribution is 0.0126. The number of ether oxygens (including phenoxy) is 2. The van der Waals surface area contributed by atoms with Gasteiger partial charge in [0, 0.05) is 7.11 Å². The summed E-state index contributed by atoms with van der Waals surface area (Å²) in [5, 5.41) is 9.95. The van der Waals surface area contributed by atoms with Crippen LogP contribution >= 0.6 is 0 Å². The molecular weight excluding hydrogens is 228 g/mol. The van der Waals surface area contributed by atoms with Crippen LogP contribution < -0.4 is 0 Å². The van der Waals surface area contributed by atoms with Gasteiger partial charge in [0.2, 0.25) is 0 Å². The van der Waals surface area contributed by atoms with Gasteiger partial charge in [-0.1, -0.05) is 30.7 Å². The number of aliphatic hydroxyl groups is 1. The highest BCUT2D eigenvalue weighted by Gasteiger charge is 2.19. The molecule has 0 bridgehead atoms. The fourth-order valence-electron chi connectivity index (χ4n) is 2.17. The van der Waals surface area contributed by atoms with Gasteiger partial charge in [0.25, 0.3) is 0 Å². The minimum absolute atomic E-state index is 0.326. The topological polar surface area (TPSA) is 38.7 Å². The van der Waals surface area contributed by atoms with E-state index in [1.807, 2.05) is 12.1 Å². The lowest BCUT2D eigenvalue weighted by atomic mass is 9.80. The SMILES string of the molecule is COCCOCC(O)c1ccc(C2CCC2)cc1. The predicted octanol–water partition coefficient (Wildman–Crippen LogP) is 2.65. The summed E-state index contributed by atoms with van der Waals surface area (Å²) in [4.78, 5) is 0. The second-order valence-electron chi connectivity index (χ2n) is 4.88. The van der Waals surface area contributed by atoms with Gasteiger partial charge in [-0.2, -0.15) is 0 Å². The fraction of sp³-hybridized carbons (Fsp3) is 0.600. The van der Waals surface area contributed by atoms with Gasteiger partial charge in [-0.05, 0) is 29.9 Å². The van der Waals surface area contributed by atoms with Crippen LogP contribution in [-0.2, 0) is 9.47 Å². The Morgan fingerprint density at radius 1 is 1.22 bits per heavy atom. The Morgan fingerprint density at radius 2 is 1.94 bits per heavy atom. The van der Waals surface area contributed by atoms with E-state index in [1.54, 1.807) is 7.11 Å². The van der Waals surface area contributed by atoms with Crippen molar-refractivity contribution in [2.75, 3.05) is 26.9 Å². The van der Waals surface area contributed by atoms with Gasteiger partial charge < -0.3 is 14.6 Å². The molecule has 1 aromatic rings. The van der Waals surface area contributed by atoms with Gasteiger partial charge in [-0.15, -0.1) is 0 Å². The number of rotatable bonds is 7. The summed E-state index contributed by atoms with van der Waals surface area (Å²) in [6.07, 6.45) is 3.42. The molecule has 100 valence electrons. The largest absolute Gasteiger partial charge is 0.386 e. The zero-order chi connectivity index (χ0) is 12.8. The Kier molecular flexibility index (Phi) is 5.17. The smallest absolute Gasteiger partial charge is 0.102 e. The van der Waals surface area contributed by atoms with Crippen molar-refractivity contribution in [2.24, 2.45) is 0 Å². The van der Waals surface area contributed by atoms with Crippen LogP contribution in [0.5, 0.6) is 0 Å². The van der Waals surface area contributed by atoms with E-state index in [0.29, 0.717) is 19.8 Å². The molecule has 1 N–H and O–H groups in total. The highest BCUT2D eigenvalue weighted by Crippen LogP contribution is 2.36. The Bertz CT molecular complexity index is 343. The van der Waals surface area contributed by atoms with Gasteiger partial charge >= 0.3 is 0 Å². The van der Waals surface area contributed by atoms with E-state index in [-0.39, 0.29) is 0 Å². The van der Waals surface area contributed by atoms with Crippen molar-refractivity contribution < 1.29 is 14.6 Å². The maximum absolute atomic E-state index is 9.95. The second-order valence-corrected chi connectivity index (χ2v) is 4.88. The molecule has 1 fully saturated rings. The van der Waals surface area contributed by atoms with Crippen molar-refractivity contribution in [3.63, 3.8) is 0 Å². The Balaban J connectivity index is 1.80. The first-order valence-electron chi connectivity index (χ1n) is 6.66. The molecule has 3 heteroatoms. The molecule has 1 saturated carbocycles. The molecule has 1 atom stereocenters. The number of hydrogen-bond donors (Lipinski definition) is 1. The van der Waals surface area contributed by atoms with E-state index < -0.39 is 6.10 Å². The molecule has 0 heterocycles. The first kappa shape index (κ1) is 13.5. The van der Waals surface area contributed by atoms with Crippen LogP contribution in [0.25, 0.3) is 0 Å². The predicted molar refractivity (Wildman–Crippen MR) is 70.7 cm³/mol. The van der Waals surface area contributed by atoms with E-state index in [9.17, 15) is 5.11 Å². The lowest BCUT2D eigenvalue weighted by Gasteiger charge is -2.26. The van der Waals surface area contributed by atoms with Crippen molar-refractivity contribution >= 4 is 0 Å². The molecule has 1 aliphatic carbocycles. The Labute approximate surface area is 109 Å². The molecule has 0 saturated heterocycles. The summed E-state index contributed by atoms with van der Waals surface area (Å²) in [6.45, 7) is 1.41. The average Bonchev–Trinajstić information content (AvgIpc) is 2.33. The van der Waals surface area contributed by atoms with Gasteiger partial charge in [-0.25, -0.2) is 0 Å². The third-order valence-corrected chi connectivity index (χ3v) is 3.61. The lowest BCUT2D eigenvalue weighted by Crippen LogP contribution is -2.11. The maximum atomic E-state index is 9.95. The van der Waals surface area contributed by atoms with Crippen molar-refractivity contribution in [1.29, 1.82) is 0 Å². The average molecular weight is 250 g/mol. The summed E-state index contributed by atoms with van der Waals surface area (Å²) in [5.74, 6) is 0.745. The van der Waals surface area contributed by atoms with Gasteiger partial charge in [0.05, 0.1) is 19.8 Å². The minimum atomic E-state index is -0.544. The van der Waals surface area contributed by atoms with Crippen molar-refractivity contribution in [1.82, 2.24) is 0 Å². The van der Waals surface area contributed by atoms with E-state index in [4.69, 9.17) is 9.47 Å². The van der Waals surface area contributed by atoms with Gasteiger partial charge in [0.1, 0.15) is 6.10 Å². The van der Waals surface area contributed by atoms with Gasteiger partial charge in [-0.3, -0.25) is 0 Å². The number of aliphatic hydroxyl groups excluding tert-OH is 1. The van der Waals surface area contributed by atoms with Crippen LogP contribution in [-0.4, -0.2) is 32.0 Å². The number of methoxy groups -OCH3 is 1. The van der Waals surface area contributed by atoms with Crippen LogP contribution in [0, 0.1) is 0 Å². The first-order chi connectivity index (χ1) is 8.81. The molecule has 0 aliphatic heterocycles. The first-order valence-corrected chi connectivity index (χ1v) is 6.66. The quantitative estimate of drug-likeness (QED) is 0.756. The van der Waals surface area contributed by atoms with E-state index in [2.05, 4.69) is 12.1 Å². The Hall–Kier alpha value is -0.900. The highest BCUT2D eigenvalue weighted by atomic mass is 16.5. The van der Waals surface area contributed by atoms with Crippen molar-refractivity contribution in [3.8, 4) is 0 Å². The summed E-state index contributed by atoms with van der Waals surface area (Å²) < 4.78 is 10.2. The van der Waals surface area contributed by atoms with E-state index in [1.165, 1.54) is 24.8 Å². The van der Waals surface area contributed by atoms with E-state index in [0.717, 1.165) is 11.5 Å². The molecule has 0 amide bonds. The summed E-state index contributed by atoms with van der Waals surface area (Å²) >= 11 is 0. The van der Waals surface area contributed by atoms with Crippen molar-refractivity contribution in [3.05, 3.63) is 35.4 Å². The fourth-order valence-corrected chi connectivity index (χ4v) is 2.17. The third kappa shape index (κ3) is 3.55. The molecule has 0 radical (unpaired) electrons. The summed E-state index contributed by atoms with van der Waals surface area (Å²) in [6, 6.07) is 8.30. The second kappa shape index (κ2) is 6.88. The molecule has 1 aromatic carbocycles. The molecule has 2 rings (SSSR count). The molecule has 0 spiro atoms.